The van der Waals surface area contributed by atoms with Gasteiger partial charge in [0.05, 0.1) is 5.75 Å². The summed E-state index contributed by atoms with van der Waals surface area (Å²) in [6.45, 7) is 0. The third-order valence-electron chi connectivity index (χ3n) is 6.10. The van der Waals surface area contributed by atoms with Crippen molar-refractivity contribution in [2.24, 2.45) is 0 Å². The Morgan fingerprint density at radius 3 is 2.55 bits per heavy atom. The number of hydrogen-bond donors (Lipinski definition) is 3. The van der Waals surface area contributed by atoms with Gasteiger partial charge in [-0.15, -0.1) is 10.2 Å². The number of amides is 4. The fraction of sp³-hybridized carbons (Fsp3) is 0.722. The first-order valence-electron chi connectivity index (χ1n) is 10.3. The molecule has 0 atom stereocenters. The van der Waals surface area contributed by atoms with E-state index in [1.54, 1.807) is 0 Å². The molecular weight excluding hydrogens is 394 g/mol. The van der Waals surface area contributed by atoms with E-state index in [1.165, 1.54) is 11.1 Å². The molecule has 4 amide bonds. The Balaban J connectivity index is 1.33. The zero-order valence-corrected chi connectivity index (χ0v) is 17.2. The van der Waals surface area contributed by atoms with Gasteiger partial charge in [-0.3, -0.25) is 15.0 Å². The van der Waals surface area contributed by atoms with E-state index < -0.39 is 17.5 Å². The quantitative estimate of drug-likeness (QED) is 0.372. The van der Waals surface area contributed by atoms with Crippen LogP contribution in [-0.2, 0) is 9.59 Å². The molecule has 0 bridgehead atoms. The van der Waals surface area contributed by atoms with E-state index in [9.17, 15) is 14.4 Å². The summed E-state index contributed by atoms with van der Waals surface area (Å²) in [5, 5.41) is 12.3. The maximum absolute atomic E-state index is 12.7. The summed E-state index contributed by atoms with van der Waals surface area (Å²) in [6, 6.07) is -0.572. The van der Waals surface area contributed by atoms with Crippen molar-refractivity contribution in [2.45, 2.75) is 80.8 Å². The van der Waals surface area contributed by atoms with Crippen LogP contribution in [0.1, 0.15) is 76.0 Å². The molecule has 0 aromatic carbocycles. The van der Waals surface area contributed by atoms with E-state index in [-0.39, 0.29) is 11.7 Å². The molecule has 2 aliphatic carbocycles. The highest BCUT2D eigenvalue weighted by Crippen LogP contribution is 2.33. The number of nitrogen functional groups attached to an aromatic ring is 1. The molecule has 4 rings (SSSR count). The first-order valence-corrected chi connectivity index (χ1v) is 11.3. The third-order valence-corrected chi connectivity index (χ3v) is 7.04. The molecule has 3 fully saturated rings. The van der Waals surface area contributed by atoms with Gasteiger partial charge >= 0.3 is 6.03 Å². The van der Waals surface area contributed by atoms with Gasteiger partial charge in [0.15, 0.2) is 5.82 Å². The lowest BCUT2D eigenvalue weighted by atomic mass is 9.82. The second kappa shape index (κ2) is 8.21. The van der Waals surface area contributed by atoms with E-state index >= 15 is 0 Å². The SMILES string of the molecule is Nn1c(SCC(=O)NN2C(=O)NC3(CCCCC3)C2=O)nnc1C1CCCCC1. The number of carbonyl (C=O) groups is 3. The lowest BCUT2D eigenvalue weighted by Gasteiger charge is -2.30. The Labute approximate surface area is 173 Å². The largest absolute Gasteiger partial charge is 0.344 e. The summed E-state index contributed by atoms with van der Waals surface area (Å²) in [4.78, 5) is 37.3. The number of carbonyl (C=O) groups excluding carboxylic acids is 3. The summed E-state index contributed by atoms with van der Waals surface area (Å²) >= 11 is 1.14. The minimum absolute atomic E-state index is 0.0237. The van der Waals surface area contributed by atoms with Crippen molar-refractivity contribution in [3.8, 4) is 0 Å². The van der Waals surface area contributed by atoms with E-state index in [4.69, 9.17) is 5.84 Å². The van der Waals surface area contributed by atoms with Gasteiger partial charge in [-0.2, -0.15) is 5.01 Å². The van der Waals surface area contributed by atoms with Crippen LogP contribution in [0.2, 0.25) is 0 Å². The van der Waals surface area contributed by atoms with Crippen LogP contribution in [0.25, 0.3) is 0 Å². The van der Waals surface area contributed by atoms with E-state index in [1.807, 2.05) is 0 Å². The van der Waals surface area contributed by atoms with Crippen LogP contribution in [0, 0.1) is 0 Å². The number of thioether (sulfide) groups is 1. The average molecular weight is 422 g/mol. The minimum Gasteiger partial charge on any atom is -0.336 e. The van der Waals surface area contributed by atoms with Gasteiger partial charge in [-0.1, -0.05) is 50.3 Å². The van der Waals surface area contributed by atoms with Gasteiger partial charge in [0.2, 0.25) is 11.1 Å². The van der Waals surface area contributed by atoms with Crippen molar-refractivity contribution in [1.82, 2.24) is 30.6 Å². The number of imide groups is 1. The topological polar surface area (TPSA) is 135 Å². The highest BCUT2D eigenvalue weighted by molar-refractivity contribution is 7.99. The predicted molar refractivity (Wildman–Crippen MR) is 106 cm³/mol. The molecule has 1 saturated heterocycles. The molecule has 3 aliphatic rings. The van der Waals surface area contributed by atoms with E-state index in [0.717, 1.165) is 67.5 Å². The van der Waals surface area contributed by atoms with Crippen LogP contribution in [0.5, 0.6) is 0 Å². The average Bonchev–Trinajstić information content (AvgIpc) is 3.20. The maximum atomic E-state index is 12.7. The number of nitrogens with one attached hydrogen (secondary N) is 2. The Morgan fingerprint density at radius 1 is 1.14 bits per heavy atom. The van der Waals surface area contributed by atoms with Crippen molar-refractivity contribution in [1.29, 1.82) is 0 Å². The molecule has 0 unspecified atom stereocenters. The lowest BCUT2D eigenvalue weighted by Crippen LogP contribution is -2.51. The minimum atomic E-state index is -0.859. The highest BCUT2D eigenvalue weighted by atomic mass is 32.2. The Hall–Kier alpha value is -2.30. The predicted octanol–water partition coefficient (Wildman–Crippen LogP) is 1.42. The molecule has 11 heteroatoms. The second-order valence-corrected chi connectivity index (χ2v) is 9.03. The fourth-order valence-electron chi connectivity index (χ4n) is 4.53. The van der Waals surface area contributed by atoms with Crippen molar-refractivity contribution < 1.29 is 14.4 Å². The van der Waals surface area contributed by atoms with Crippen LogP contribution in [0.15, 0.2) is 5.16 Å². The van der Waals surface area contributed by atoms with Gasteiger partial charge in [-0.25, -0.2) is 9.47 Å². The molecule has 158 valence electrons. The normalized spacial score (nSPS) is 22.1. The van der Waals surface area contributed by atoms with Crippen LogP contribution in [0.3, 0.4) is 0 Å². The molecule has 0 radical (unpaired) electrons. The van der Waals surface area contributed by atoms with E-state index in [0.29, 0.717) is 23.9 Å². The van der Waals surface area contributed by atoms with Crippen molar-refractivity contribution in [2.75, 3.05) is 11.6 Å². The van der Waals surface area contributed by atoms with Gasteiger partial charge in [0.25, 0.3) is 5.91 Å². The molecule has 1 aromatic heterocycles. The summed E-state index contributed by atoms with van der Waals surface area (Å²) in [5.41, 5.74) is 1.56. The van der Waals surface area contributed by atoms with Crippen LogP contribution in [-0.4, -0.2) is 49.0 Å². The van der Waals surface area contributed by atoms with Crippen LogP contribution >= 0.6 is 11.8 Å². The van der Waals surface area contributed by atoms with Crippen molar-refractivity contribution in [3.63, 3.8) is 0 Å². The summed E-state index contributed by atoms with van der Waals surface area (Å²) in [5.74, 6) is 6.33. The molecule has 1 spiro atoms. The zero-order chi connectivity index (χ0) is 20.4. The molecular formula is C18H27N7O3S. The number of nitrogens with two attached hydrogens (primary N) is 1. The Kier molecular flexibility index (Phi) is 5.66. The Bertz CT molecular complexity index is 799. The fourth-order valence-corrected chi connectivity index (χ4v) is 5.18. The van der Waals surface area contributed by atoms with E-state index in [2.05, 4.69) is 20.9 Å². The van der Waals surface area contributed by atoms with Gasteiger partial charge in [0.1, 0.15) is 5.54 Å². The molecule has 2 saturated carbocycles. The highest BCUT2D eigenvalue weighted by Gasteiger charge is 2.52. The third kappa shape index (κ3) is 3.92. The number of urea groups is 1. The van der Waals surface area contributed by atoms with Crippen molar-refractivity contribution in [3.05, 3.63) is 5.82 Å². The monoisotopic (exact) mass is 421 g/mol. The zero-order valence-electron chi connectivity index (χ0n) is 16.4. The summed E-state index contributed by atoms with van der Waals surface area (Å²) in [6.07, 6.45) is 9.71. The number of hydrogen-bond acceptors (Lipinski definition) is 7. The van der Waals surface area contributed by atoms with Gasteiger partial charge < -0.3 is 11.2 Å². The van der Waals surface area contributed by atoms with Gasteiger partial charge in [-0.05, 0) is 25.7 Å². The number of hydrazine groups is 1. The Morgan fingerprint density at radius 2 is 1.83 bits per heavy atom. The van der Waals surface area contributed by atoms with Gasteiger partial charge in [0, 0.05) is 5.92 Å². The molecule has 29 heavy (non-hydrogen) atoms. The number of nitrogens with zero attached hydrogens (tertiary/aromatic N) is 4. The number of rotatable bonds is 5. The molecule has 10 nitrogen and oxygen atoms in total. The van der Waals surface area contributed by atoms with Crippen LogP contribution in [0.4, 0.5) is 4.79 Å². The molecule has 1 aromatic rings. The molecule has 4 N–H and O–H groups in total. The second-order valence-electron chi connectivity index (χ2n) is 8.08. The molecule has 1 aliphatic heterocycles. The summed E-state index contributed by atoms with van der Waals surface area (Å²) < 4.78 is 1.46. The lowest BCUT2D eigenvalue weighted by molar-refractivity contribution is -0.139. The maximum Gasteiger partial charge on any atom is 0.344 e. The van der Waals surface area contributed by atoms with Crippen molar-refractivity contribution >= 4 is 29.6 Å². The first-order chi connectivity index (χ1) is 14.0. The summed E-state index contributed by atoms with van der Waals surface area (Å²) in [7, 11) is 0. The smallest absolute Gasteiger partial charge is 0.336 e. The molecule has 2 heterocycles. The van der Waals surface area contributed by atoms with Crippen LogP contribution < -0.4 is 16.6 Å². The standard InChI is InChI=1S/C18H27N7O3S/c19-24-14(12-7-3-1-4-8-12)21-22-17(24)29-11-13(26)23-25-15(27)18(20-16(25)28)9-5-2-6-10-18/h12H,1-11,19H2,(H,20,28)(H,23,26). The first kappa shape index (κ1) is 20.0. The number of aromatic nitrogens is 3.